The summed E-state index contributed by atoms with van der Waals surface area (Å²) in [4.78, 5) is 2.13. The normalized spacial score (nSPS) is 11.3. The first-order chi connectivity index (χ1) is 7.67. The lowest BCUT2D eigenvalue weighted by Crippen LogP contribution is -2.28. The number of nitrogens with zero attached hydrogens (tertiary/aromatic N) is 3. The van der Waals surface area contributed by atoms with Gasteiger partial charge in [-0.15, -0.1) is 0 Å². The van der Waals surface area contributed by atoms with E-state index in [0.717, 1.165) is 25.2 Å². The standard InChI is InChI=1S/C11H21N3O2/c1-10-11(8-13(2)12-10)9-14(5-7-16)4-3-6-15/h8,15-16H,3-7,9H2,1-2H3. The van der Waals surface area contributed by atoms with Crippen LogP contribution in [0.3, 0.4) is 0 Å². The van der Waals surface area contributed by atoms with Crippen LogP contribution in [0, 0.1) is 6.92 Å². The number of aliphatic hydroxyl groups is 2. The average molecular weight is 227 g/mol. The third-order valence-electron chi connectivity index (χ3n) is 2.56. The zero-order chi connectivity index (χ0) is 12.0. The second-order valence-corrected chi connectivity index (χ2v) is 3.99. The van der Waals surface area contributed by atoms with Crippen molar-refractivity contribution in [3.05, 3.63) is 17.5 Å². The van der Waals surface area contributed by atoms with Gasteiger partial charge in [0.2, 0.25) is 0 Å². The van der Waals surface area contributed by atoms with E-state index >= 15 is 0 Å². The van der Waals surface area contributed by atoms with Crippen LogP contribution >= 0.6 is 0 Å². The van der Waals surface area contributed by atoms with Gasteiger partial charge in [-0.1, -0.05) is 0 Å². The van der Waals surface area contributed by atoms with Crippen LogP contribution in [0.15, 0.2) is 6.20 Å². The third-order valence-corrected chi connectivity index (χ3v) is 2.56. The summed E-state index contributed by atoms with van der Waals surface area (Å²) in [6.45, 7) is 4.52. The molecule has 1 aromatic rings. The second-order valence-electron chi connectivity index (χ2n) is 3.99. The molecule has 0 saturated heterocycles. The smallest absolute Gasteiger partial charge is 0.0638 e. The maximum absolute atomic E-state index is 8.96. The van der Waals surface area contributed by atoms with Crippen LogP contribution in [0.2, 0.25) is 0 Å². The zero-order valence-corrected chi connectivity index (χ0v) is 10.1. The quantitative estimate of drug-likeness (QED) is 0.683. The lowest BCUT2D eigenvalue weighted by atomic mass is 10.2. The number of aryl methyl sites for hydroxylation is 2. The molecule has 0 fully saturated rings. The molecule has 5 nitrogen and oxygen atoms in total. The Kier molecular flexibility index (Phi) is 5.45. The molecule has 1 aromatic heterocycles. The van der Waals surface area contributed by atoms with Crippen molar-refractivity contribution in [2.24, 2.45) is 7.05 Å². The summed E-state index contributed by atoms with van der Waals surface area (Å²) in [6.07, 6.45) is 2.73. The first-order valence-corrected chi connectivity index (χ1v) is 5.60. The van der Waals surface area contributed by atoms with Gasteiger partial charge in [-0.05, 0) is 13.3 Å². The monoisotopic (exact) mass is 227 g/mol. The molecule has 0 aliphatic heterocycles. The highest BCUT2D eigenvalue weighted by molar-refractivity contribution is 5.14. The highest BCUT2D eigenvalue weighted by Gasteiger charge is 2.09. The summed E-state index contributed by atoms with van der Waals surface area (Å²) in [5, 5.41) is 22.0. The second kappa shape index (κ2) is 6.62. The van der Waals surface area contributed by atoms with Crippen molar-refractivity contribution in [3.63, 3.8) is 0 Å². The average Bonchev–Trinajstić information content (AvgIpc) is 2.54. The first kappa shape index (κ1) is 13.2. The van der Waals surface area contributed by atoms with E-state index in [2.05, 4.69) is 10.00 Å². The van der Waals surface area contributed by atoms with Crippen LogP contribution in [0.25, 0.3) is 0 Å². The van der Waals surface area contributed by atoms with Gasteiger partial charge in [0.05, 0.1) is 12.3 Å². The molecule has 0 saturated carbocycles. The molecule has 0 aliphatic carbocycles. The molecular formula is C11H21N3O2. The van der Waals surface area contributed by atoms with Gasteiger partial charge in [-0.25, -0.2) is 0 Å². The summed E-state index contributed by atoms with van der Waals surface area (Å²) in [7, 11) is 1.90. The van der Waals surface area contributed by atoms with Gasteiger partial charge in [-0.3, -0.25) is 9.58 Å². The number of hydrogen-bond acceptors (Lipinski definition) is 4. The maximum atomic E-state index is 8.96. The van der Waals surface area contributed by atoms with E-state index in [1.54, 1.807) is 4.68 Å². The molecule has 1 rings (SSSR count). The molecule has 0 amide bonds. The molecule has 2 N–H and O–H groups in total. The molecule has 92 valence electrons. The summed E-state index contributed by atoms with van der Waals surface area (Å²) in [5.41, 5.74) is 2.20. The van der Waals surface area contributed by atoms with Gasteiger partial charge in [0.15, 0.2) is 0 Å². The minimum absolute atomic E-state index is 0.144. The molecule has 0 radical (unpaired) electrons. The Morgan fingerprint density at radius 1 is 1.31 bits per heavy atom. The number of aliphatic hydroxyl groups excluding tert-OH is 2. The van der Waals surface area contributed by atoms with Crippen LogP contribution in [0.5, 0.6) is 0 Å². The molecule has 0 unspecified atom stereocenters. The van der Waals surface area contributed by atoms with E-state index < -0.39 is 0 Å². The Bertz CT molecular complexity index is 312. The van der Waals surface area contributed by atoms with E-state index in [9.17, 15) is 0 Å². The molecule has 1 heterocycles. The molecule has 0 atom stereocenters. The predicted octanol–water partition coefficient (Wildman–Crippen LogP) is -0.0948. The minimum atomic E-state index is 0.144. The van der Waals surface area contributed by atoms with Crippen molar-refractivity contribution in [1.82, 2.24) is 14.7 Å². The summed E-state index contributed by atoms with van der Waals surface area (Å²) >= 11 is 0. The highest BCUT2D eigenvalue weighted by Crippen LogP contribution is 2.08. The lowest BCUT2D eigenvalue weighted by molar-refractivity contribution is 0.174. The predicted molar refractivity (Wildman–Crippen MR) is 62.0 cm³/mol. The SMILES string of the molecule is Cc1nn(C)cc1CN(CCO)CCCO. The van der Waals surface area contributed by atoms with E-state index in [1.165, 1.54) is 5.56 Å². The Morgan fingerprint density at radius 3 is 2.56 bits per heavy atom. The molecular weight excluding hydrogens is 206 g/mol. The van der Waals surface area contributed by atoms with Gasteiger partial charge in [0.1, 0.15) is 0 Å². The Balaban J connectivity index is 2.56. The summed E-state index contributed by atoms with van der Waals surface area (Å²) in [6, 6.07) is 0. The van der Waals surface area contributed by atoms with E-state index in [0.29, 0.717) is 6.54 Å². The largest absolute Gasteiger partial charge is 0.396 e. The number of rotatable bonds is 7. The van der Waals surface area contributed by atoms with Gasteiger partial charge < -0.3 is 10.2 Å². The van der Waals surface area contributed by atoms with Crippen LogP contribution < -0.4 is 0 Å². The molecule has 0 spiro atoms. The summed E-state index contributed by atoms with van der Waals surface area (Å²) in [5.74, 6) is 0. The topological polar surface area (TPSA) is 61.5 Å². The summed E-state index contributed by atoms with van der Waals surface area (Å²) < 4.78 is 1.80. The van der Waals surface area contributed by atoms with Crippen molar-refractivity contribution in [3.8, 4) is 0 Å². The van der Waals surface area contributed by atoms with Gasteiger partial charge in [0, 0.05) is 45.0 Å². The van der Waals surface area contributed by atoms with Crippen LogP contribution in [0.4, 0.5) is 0 Å². The molecule has 0 aromatic carbocycles. The van der Waals surface area contributed by atoms with E-state index in [1.807, 2.05) is 20.2 Å². The van der Waals surface area contributed by atoms with Crippen LogP contribution in [0.1, 0.15) is 17.7 Å². The molecule has 5 heteroatoms. The minimum Gasteiger partial charge on any atom is -0.396 e. The van der Waals surface area contributed by atoms with Crippen LogP contribution in [-0.2, 0) is 13.6 Å². The van der Waals surface area contributed by atoms with Gasteiger partial charge >= 0.3 is 0 Å². The van der Waals surface area contributed by atoms with Gasteiger partial charge in [0.25, 0.3) is 0 Å². The highest BCUT2D eigenvalue weighted by atomic mass is 16.3. The Hall–Kier alpha value is -0.910. The fraction of sp³-hybridized carbons (Fsp3) is 0.727. The zero-order valence-electron chi connectivity index (χ0n) is 10.1. The maximum Gasteiger partial charge on any atom is 0.0638 e. The number of aromatic nitrogens is 2. The van der Waals surface area contributed by atoms with Crippen molar-refractivity contribution < 1.29 is 10.2 Å². The fourth-order valence-corrected chi connectivity index (χ4v) is 1.75. The first-order valence-electron chi connectivity index (χ1n) is 5.60. The van der Waals surface area contributed by atoms with Crippen LogP contribution in [-0.4, -0.2) is 51.2 Å². The Labute approximate surface area is 96.3 Å². The van der Waals surface area contributed by atoms with E-state index in [-0.39, 0.29) is 13.2 Å². The Morgan fingerprint density at radius 2 is 2.06 bits per heavy atom. The molecule has 16 heavy (non-hydrogen) atoms. The molecule has 0 aliphatic rings. The fourth-order valence-electron chi connectivity index (χ4n) is 1.75. The van der Waals surface area contributed by atoms with Crippen molar-refractivity contribution in [2.45, 2.75) is 19.9 Å². The van der Waals surface area contributed by atoms with Crippen molar-refractivity contribution in [2.75, 3.05) is 26.3 Å². The van der Waals surface area contributed by atoms with Crippen molar-refractivity contribution in [1.29, 1.82) is 0 Å². The van der Waals surface area contributed by atoms with Gasteiger partial charge in [-0.2, -0.15) is 5.10 Å². The lowest BCUT2D eigenvalue weighted by Gasteiger charge is -2.20. The van der Waals surface area contributed by atoms with E-state index in [4.69, 9.17) is 10.2 Å². The molecule has 0 bridgehead atoms. The number of hydrogen-bond donors (Lipinski definition) is 2. The third kappa shape index (κ3) is 3.92. The van der Waals surface area contributed by atoms with Crippen molar-refractivity contribution >= 4 is 0 Å².